The van der Waals surface area contributed by atoms with Crippen LogP contribution >= 0.6 is 11.6 Å². The Kier molecular flexibility index (Phi) is 3.90. The SMILES string of the molecule is Cc1ccc(Cl)cc1NC(=O)N1CCC(C)(C(=O)O)C1. The number of hydrogen-bond donors (Lipinski definition) is 2. The predicted octanol–water partition coefficient (Wildman–Crippen LogP) is 2.98. The van der Waals surface area contributed by atoms with E-state index in [9.17, 15) is 9.59 Å². The summed E-state index contributed by atoms with van der Waals surface area (Å²) in [6.45, 7) is 4.19. The van der Waals surface area contributed by atoms with Crippen LogP contribution in [0.3, 0.4) is 0 Å². The molecule has 0 radical (unpaired) electrons. The van der Waals surface area contributed by atoms with E-state index >= 15 is 0 Å². The molecule has 1 aromatic carbocycles. The molecule has 1 aromatic rings. The number of amides is 2. The van der Waals surface area contributed by atoms with E-state index in [-0.39, 0.29) is 12.6 Å². The second-order valence-corrected chi connectivity index (χ2v) is 5.86. The summed E-state index contributed by atoms with van der Waals surface area (Å²) in [5.41, 5.74) is 0.690. The van der Waals surface area contributed by atoms with Crippen LogP contribution in [0, 0.1) is 12.3 Å². The number of carbonyl (C=O) groups excluding carboxylic acids is 1. The van der Waals surface area contributed by atoms with Crippen molar-refractivity contribution in [3.8, 4) is 0 Å². The third-order valence-corrected chi connectivity index (χ3v) is 3.95. The largest absolute Gasteiger partial charge is 0.481 e. The molecule has 1 fully saturated rings. The molecule has 2 N–H and O–H groups in total. The minimum atomic E-state index is -0.869. The lowest BCUT2D eigenvalue weighted by Crippen LogP contribution is -2.37. The average molecular weight is 297 g/mol. The molecular weight excluding hydrogens is 280 g/mol. The number of aliphatic carboxylic acids is 1. The van der Waals surface area contributed by atoms with Gasteiger partial charge in [0, 0.05) is 23.8 Å². The molecule has 0 spiro atoms. The molecule has 2 amide bonds. The topological polar surface area (TPSA) is 69.6 Å². The number of nitrogens with zero attached hydrogens (tertiary/aromatic N) is 1. The first-order valence-electron chi connectivity index (χ1n) is 6.37. The number of anilines is 1. The number of carbonyl (C=O) groups is 2. The second-order valence-electron chi connectivity index (χ2n) is 5.43. The summed E-state index contributed by atoms with van der Waals surface area (Å²) in [7, 11) is 0. The fourth-order valence-electron chi connectivity index (χ4n) is 2.23. The Bertz CT molecular complexity index is 561. The summed E-state index contributed by atoms with van der Waals surface area (Å²) in [4.78, 5) is 24.9. The molecular formula is C14H17ClN2O3. The quantitative estimate of drug-likeness (QED) is 0.881. The van der Waals surface area contributed by atoms with Gasteiger partial charge in [-0.25, -0.2) is 4.79 Å². The Hall–Kier alpha value is -1.75. The van der Waals surface area contributed by atoms with E-state index in [4.69, 9.17) is 16.7 Å². The molecule has 0 bridgehead atoms. The van der Waals surface area contributed by atoms with Crippen LogP contribution in [0.5, 0.6) is 0 Å². The predicted molar refractivity (Wildman–Crippen MR) is 77.1 cm³/mol. The highest BCUT2D eigenvalue weighted by atomic mass is 35.5. The van der Waals surface area contributed by atoms with Gasteiger partial charge in [0.25, 0.3) is 0 Å². The first kappa shape index (κ1) is 14.7. The van der Waals surface area contributed by atoms with Gasteiger partial charge in [-0.1, -0.05) is 17.7 Å². The fraction of sp³-hybridized carbons (Fsp3) is 0.429. The van der Waals surface area contributed by atoms with Crippen LogP contribution in [-0.4, -0.2) is 35.1 Å². The lowest BCUT2D eigenvalue weighted by Gasteiger charge is -2.21. The van der Waals surface area contributed by atoms with Gasteiger partial charge < -0.3 is 15.3 Å². The Morgan fingerprint density at radius 1 is 1.45 bits per heavy atom. The average Bonchev–Trinajstić information content (AvgIpc) is 2.78. The van der Waals surface area contributed by atoms with Crippen molar-refractivity contribution in [1.29, 1.82) is 0 Å². The van der Waals surface area contributed by atoms with Crippen LogP contribution in [-0.2, 0) is 4.79 Å². The van der Waals surface area contributed by atoms with Crippen molar-refractivity contribution < 1.29 is 14.7 Å². The zero-order valence-corrected chi connectivity index (χ0v) is 12.2. The third-order valence-electron chi connectivity index (χ3n) is 3.72. The van der Waals surface area contributed by atoms with Crippen LogP contribution < -0.4 is 5.32 Å². The van der Waals surface area contributed by atoms with Gasteiger partial charge in [-0.2, -0.15) is 0 Å². The minimum Gasteiger partial charge on any atom is -0.481 e. The van der Waals surface area contributed by atoms with Crippen LogP contribution in [0.4, 0.5) is 10.5 Å². The normalized spacial score (nSPS) is 21.9. The molecule has 6 heteroatoms. The summed E-state index contributed by atoms with van der Waals surface area (Å²) >= 11 is 5.90. The first-order chi connectivity index (χ1) is 9.32. The van der Waals surface area contributed by atoms with Crippen molar-refractivity contribution in [1.82, 2.24) is 4.90 Å². The van der Waals surface area contributed by atoms with Crippen LogP contribution in [0.25, 0.3) is 0 Å². The van der Waals surface area contributed by atoms with Gasteiger partial charge in [0.1, 0.15) is 0 Å². The van der Waals surface area contributed by atoms with Crippen molar-refractivity contribution in [3.63, 3.8) is 0 Å². The second kappa shape index (κ2) is 5.32. The molecule has 1 unspecified atom stereocenters. The lowest BCUT2D eigenvalue weighted by atomic mass is 9.90. The molecule has 1 aliphatic rings. The Labute approximate surface area is 122 Å². The molecule has 2 rings (SSSR count). The number of benzene rings is 1. The van der Waals surface area contributed by atoms with Gasteiger partial charge in [0.15, 0.2) is 0 Å². The zero-order chi connectivity index (χ0) is 14.9. The zero-order valence-electron chi connectivity index (χ0n) is 11.4. The molecule has 20 heavy (non-hydrogen) atoms. The number of carboxylic acid groups (broad SMARTS) is 1. The maximum absolute atomic E-state index is 12.2. The van der Waals surface area contributed by atoms with Gasteiger partial charge in [0.05, 0.1) is 5.41 Å². The number of likely N-dealkylation sites (tertiary alicyclic amines) is 1. The van der Waals surface area contributed by atoms with E-state index in [2.05, 4.69) is 5.32 Å². The monoisotopic (exact) mass is 296 g/mol. The molecule has 5 nitrogen and oxygen atoms in total. The van der Waals surface area contributed by atoms with E-state index in [1.54, 1.807) is 19.1 Å². The number of hydrogen-bond acceptors (Lipinski definition) is 2. The maximum Gasteiger partial charge on any atom is 0.321 e. The first-order valence-corrected chi connectivity index (χ1v) is 6.75. The highest BCUT2D eigenvalue weighted by molar-refractivity contribution is 6.31. The molecule has 0 aliphatic carbocycles. The number of urea groups is 1. The Morgan fingerprint density at radius 2 is 2.15 bits per heavy atom. The number of rotatable bonds is 2. The smallest absolute Gasteiger partial charge is 0.321 e. The Balaban J connectivity index is 2.07. The molecule has 0 saturated carbocycles. The summed E-state index contributed by atoms with van der Waals surface area (Å²) in [5, 5.41) is 12.5. The number of nitrogens with one attached hydrogen (secondary N) is 1. The highest BCUT2D eigenvalue weighted by Crippen LogP contribution is 2.30. The van der Waals surface area contributed by atoms with Gasteiger partial charge >= 0.3 is 12.0 Å². The molecule has 1 atom stereocenters. The van der Waals surface area contributed by atoms with Crippen molar-refractivity contribution >= 4 is 29.3 Å². The van der Waals surface area contributed by atoms with Crippen molar-refractivity contribution in [2.45, 2.75) is 20.3 Å². The fourth-order valence-corrected chi connectivity index (χ4v) is 2.40. The van der Waals surface area contributed by atoms with E-state index in [1.807, 2.05) is 13.0 Å². The summed E-state index contributed by atoms with van der Waals surface area (Å²) in [6, 6.07) is 4.97. The maximum atomic E-state index is 12.2. The van der Waals surface area contributed by atoms with Crippen LogP contribution in [0.15, 0.2) is 18.2 Å². The van der Waals surface area contributed by atoms with Gasteiger partial charge in [-0.05, 0) is 38.0 Å². The van der Waals surface area contributed by atoms with Crippen molar-refractivity contribution in [3.05, 3.63) is 28.8 Å². The van der Waals surface area contributed by atoms with Crippen molar-refractivity contribution in [2.24, 2.45) is 5.41 Å². The standard InChI is InChI=1S/C14H17ClN2O3/c1-9-3-4-10(15)7-11(9)16-13(20)17-6-5-14(2,8-17)12(18)19/h3-4,7H,5-6,8H2,1-2H3,(H,16,20)(H,18,19). The lowest BCUT2D eigenvalue weighted by molar-refractivity contribution is -0.146. The third kappa shape index (κ3) is 2.88. The number of aryl methyl sites for hydroxylation is 1. The van der Waals surface area contributed by atoms with Gasteiger partial charge in [0.2, 0.25) is 0 Å². The molecule has 1 aliphatic heterocycles. The Morgan fingerprint density at radius 3 is 2.75 bits per heavy atom. The minimum absolute atomic E-state index is 0.216. The van der Waals surface area contributed by atoms with E-state index in [0.717, 1.165) is 5.56 Å². The summed E-state index contributed by atoms with van der Waals surface area (Å²) < 4.78 is 0. The number of carboxylic acids is 1. The van der Waals surface area contributed by atoms with Gasteiger partial charge in [-0.15, -0.1) is 0 Å². The molecule has 108 valence electrons. The molecule has 0 aromatic heterocycles. The number of halogens is 1. The van der Waals surface area contributed by atoms with Crippen LogP contribution in [0.2, 0.25) is 5.02 Å². The summed E-state index contributed by atoms with van der Waals surface area (Å²) in [6.07, 6.45) is 0.463. The van der Waals surface area contributed by atoms with Crippen LogP contribution in [0.1, 0.15) is 18.9 Å². The highest BCUT2D eigenvalue weighted by Gasteiger charge is 2.42. The van der Waals surface area contributed by atoms with E-state index < -0.39 is 11.4 Å². The van der Waals surface area contributed by atoms with Crippen molar-refractivity contribution in [2.75, 3.05) is 18.4 Å². The molecule has 1 saturated heterocycles. The summed E-state index contributed by atoms with van der Waals surface area (Å²) in [5.74, 6) is -0.869. The molecule has 1 heterocycles. The van der Waals surface area contributed by atoms with E-state index in [0.29, 0.717) is 23.7 Å². The van der Waals surface area contributed by atoms with E-state index in [1.165, 1.54) is 4.90 Å². The van der Waals surface area contributed by atoms with Gasteiger partial charge in [-0.3, -0.25) is 4.79 Å².